The van der Waals surface area contributed by atoms with Gasteiger partial charge in [-0.15, -0.1) is 0 Å². The second-order valence-corrected chi connectivity index (χ2v) is 10.4. The lowest BCUT2D eigenvalue weighted by atomic mass is 9.56. The molecule has 1 saturated heterocycles. The molecule has 2 N–H and O–H groups in total. The Morgan fingerprint density at radius 1 is 1.31 bits per heavy atom. The smallest absolute Gasteiger partial charge is 0.328 e. The van der Waals surface area contributed by atoms with Crippen LogP contribution in [0.1, 0.15) is 33.6 Å². The number of hydrogen-bond acceptors (Lipinski definition) is 9. The van der Waals surface area contributed by atoms with Crippen molar-refractivity contribution in [3.05, 3.63) is 40.7 Å². The Bertz CT molecular complexity index is 1320. The molecule has 39 heavy (non-hydrogen) atoms. The number of carbonyl (C=O) groups excluding carboxylic acids is 3. The van der Waals surface area contributed by atoms with Gasteiger partial charge < -0.3 is 10.2 Å². The fourth-order valence-electron chi connectivity index (χ4n) is 4.67. The van der Waals surface area contributed by atoms with Gasteiger partial charge in [0.25, 0.3) is 0 Å². The summed E-state index contributed by atoms with van der Waals surface area (Å²) in [5.74, 6) is 1.18. The van der Waals surface area contributed by atoms with Gasteiger partial charge in [0.1, 0.15) is 23.4 Å². The number of nitrogens with zero attached hydrogens (tertiary/aromatic N) is 6. The van der Waals surface area contributed by atoms with Gasteiger partial charge in [-0.3, -0.25) is 24.7 Å². The molecule has 0 aliphatic carbocycles. The number of piperazine rings is 1. The molecular formula is C25H28B2N8O3S. The first-order valence-corrected chi connectivity index (χ1v) is 13.9. The Kier molecular flexibility index (Phi) is 8.82. The summed E-state index contributed by atoms with van der Waals surface area (Å²) in [4.78, 5) is 51.4. The second kappa shape index (κ2) is 12.1. The van der Waals surface area contributed by atoms with Crippen LogP contribution in [0.4, 0.5) is 22.1 Å². The van der Waals surface area contributed by atoms with Crippen LogP contribution in [-0.2, 0) is 16.6 Å². The molecule has 11 nitrogen and oxygen atoms in total. The van der Waals surface area contributed by atoms with Crippen LogP contribution in [0.5, 0.6) is 0 Å². The first-order chi connectivity index (χ1) is 18.7. The number of pyridine rings is 2. The van der Waals surface area contributed by atoms with E-state index in [0.717, 1.165) is 5.75 Å². The highest BCUT2D eigenvalue weighted by molar-refractivity contribution is 7.98. The largest absolute Gasteiger partial charge is 0.383 e. The summed E-state index contributed by atoms with van der Waals surface area (Å²) in [6.45, 7) is 2.07. The summed E-state index contributed by atoms with van der Waals surface area (Å²) >= 11 is 1.67. The van der Waals surface area contributed by atoms with Gasteiger partial charge in [-0.05, 0) is 48.7 Å². The number of hydrogen-bond donors (Lipinski definition) is 2. The lowest BCUT2D eigenvalue weighted by molar-refractivity contribution is -0.137. The van der Waals surface area contributed by atoms with Crippen molar-refractivity contribution in [2.24, 2.45) is 0 Å². The van der Waals surface area contributed by atoms with Crippen LogP contribution >= 0.6 is 11.8 Å². The fraction of sp³-hybridized carbons (Fsp3) is 0.440. The minimum atomic E-state index is -1.74. The molecule has 2 aliphatic rings. The summed E-state index contributed by atoms with van der Waals surface area (Å²) in [6, 6.07) is 4.89. The third-order valence-electron chi connectivity index (χ3n) is 6.72. The number of nitrogens with one attached hydrogen (secondary N) is 2. The molecule has 0 spiro atoms. The van der Waals surface area contributed by atoms with E-state index >= 15 is 0 Å². The molecule has 4 heterocycles. The van der Waals surface area contributed by atoms with Crippen molar-refractivity contribution in [3.63, 3.8) is 0 Å². The Labute approximate surface area is 234 Å². The van der Waals surface area contributed by atoms with Gasteiger partial charge in [0.05, 0.1) is 33.5 Å². The van der Waals surface area contributed by atoms with Gasteiger partial charge >= 0.3 is 6.03 Å². The number of amides is 3. The van der Waals surface area contributed by atoms with Crippen molar-refractivity contribution in [3.8, 4) is 6.07 Å². The van der Waals surface area contributed by atoms with E-state index in [4.69, 9.17) is 15.7 Å². The number of likely N-dealkylation sites (N-methyl/N-ethyl adjacent to an activating group) is 1. The van der Waals surface area contributed by atoms with Crippen LogP contribution in [0.15, 0.2) is 18.3 Å². The summed E-state index contributed by atoms with van der Waals surface area (Å²) in [6.07, 6.45) is 5.15. The lowest BCUT2D eigenvalue weighted by Crippen LogP contribution is -2.59. The van der Waals surface area contributed by atoms with Crippen LogP contribution in [0.25, 0.3) is 0 Å². The van der Waals surface area contributed by atoms with Crippen LogP contribution < -0.4 is 15.5 Å². The van der Waals surface area contributed by atoms with Crippen molar-refractivity contribution >= 4 is 63.0 Å². The Morgan fingerprint density at radius 3 is 2.79 bits per heavy atom. The molecule has 2 aromatic rings. The second-order valence-electron chi connectivity index (χ2n) is 9.46. The zero-order valence-electron chi connectivity index (χ0n) is 21.9. The van der Waals surface area contributed by atoms with E-state index in [-0.39, 0.29) is 29.5 Å². The fourth-order valence-corrected chi connectivity index (χ4v) is 4.98. The molecule has 0 unspecified atom stereocenters. The minimum absolute atomic E-state index is 0.0399. The number of rotatable bonds is 8. The molecule has 1 fully saturated rings. The average molecular weight is 542 g/mol. The highest BCUT2D eigenvalue weighted by atomic mass is 32.2. The average Bonchev–Trinajstić information content (AvgIpc) is 2.92. The zero-order chi connectivity index (χ0) is 28.2. The van der Waals surface area contributed by atoms with Crippen molar-refractivity contribution in [1.82, 2.24) is 19.8 Å². The Hall–Kier alpha value is -3.56. The molecule has 198 valence electrons. The van der Waals surface area contributed by atoms with E-state index in [1.54, 1.807) is 23.9 Å². The molecule has 0 saturated carbocycles. The minimum Gasteiger partial charge on any atom is -0.383 e. The highest BCUT2D eigenvalue weighted by Crippen LogP contribution is 2.33. The van der Waals surface area contributed by atoms with Gasteiger partial charge in [0.15, 0.2) is 6.29 Å². The third kappa shape index (κ3) is 6.04. The number of aryl methyl sites for hydroxylation is 1. The van der Waals surface area contributed by atoms with Gasteiger partial charge in [-0.1, -0.05) is 0 Å². The highest BCUT2D eigenvalue weighted by Gasteiger charge is 2.37. The zero-order valence-corrected chi connectivity index (χ0v) is 22.8. The van der Waals surface area contributed by atoms with Crippen LogP contribution in [0, 0.1) is 11.3 Å². The summed E-state index contributed by atoms with van der Waals surface area (Å²) in [5.41, 5.74) is 1.81. The van der Waals surface area contributed by atoms with Gasteiger partial charge in [-0.25, -0.2) is 14.8 Å². The Balaban J connectivity index is 1.60. The number of aromatic nitrogens is 2. The quantitative estimate of drug-likeness (QED) is 0.286. The van der Waals surface area contributed by atoms with Crippen molar-refractivity contribution < 1.29 is 14.4 Å². The number of fused-ring (bicyclic) bond motifs is 1. The van der Waals surface area contributed by atoms with E-state index < -0.39 is 11.4 Å². The van der Waals surface area contributed by atoms with E-state index in [9.17, 15) is 19.6 Å². The van der Waals surface area contributed by atoms with Crippen molar-refractivity contribution in [2.45, 2.75) is 18.2 Å². The molecule has 2 aliphatic heterocycles. The number of nitriles is 1. The normalized spacial score (nSPS) is 15.9. The van der Waals surface area contributed by atoms with Crippen LogP contribution in [-0.4, -0.2) is 105 Å². The third-order valence-corrected chi connectivity index (χ3v) is 7.33. The Morgan fingerprint density at radius 2 is 2.10 bits per heavy atom. The number of anilines is 3. The molecule has 0 aromatic carbocycles. The standard InChI is InChI=1S/C25H28B2N8O3S/c1-33-7-8-35(22(37)14-33)25(26,27)18-10-16-4-3-6-34(23(16)31-20(18)15-36)24(38)32-21-11-19(29-5-9-39-2)17(12-28)13-30-21/h10-11,13,15H,3-9,14H2,1-2H3,(H2,29,30,32,38). The van der Waals surface area contributed by atoms with Gasteiger partial charge in [0.2, 0.25) is 5.91 Å². The predicted octanol–water partition coefficient (Wildman–Crippen LogP) is 1.14. The maximum absolute atomic E-state index is 13.3. The van der Waals surface area contributed by atoms with Crippen molar-refractivity contribution in [1.29, 1.82) is 5.26 Å². The summed E-state index contributed by atoms with van der Waals surface area (Å²) in [7, 11) is 14.8. The lowest BCUT2D eigenvalue weighted by Gasteiger charge is -2.45. The molecule has 4 rings (SSSR count). The topological polar surface area (TPSA) is 135 Å². The molecule has 0 atom stereocenters. The molecular weight excluding hydrogens is 514 g/mol. The van der Waals surface area contributed by atoms with Gasteiger partial charge in [0, 0.05) is 44.2 Å². The maximum Gasteiger partial charge on any atom is 0.328 e. The number of carbonyl (C=O) groups is 3. The summed E-state index contributed by atoms with van der Waals surface area (Å²) in [5, 5.41) is 13.6. The van der Waals surface area contributed by atoms with E-state index in [0.29, 0.717) is 67.9 Å². The molecule has 3 amide bonds. The number of aldehydes is 1. The molecule has 14 heteroatoms. The SMILES string of the molecule is [B]C([B])(c1cc2c(nc1C=O)N(C(=O)Nc1cc(NCCSC)c(C#N)cn1)CCC2)N1CCN(C)CC1=O. The van der Waals surface area contributed by atoms with E-state index in [1.807, 2.05) is 18.2 Å². The van der Waals surface area contributed by atoms with E-state index in [2.05, 4.69) is 26.7 Å². The summed E-state index contributed by atoms with van der Waals surface area (Å²) < 4.78 is 0. The molecule has 4 radical (unpaired) electrons. The number of urea groups is 1. The van der Waals surface area contributed by atoms with Crippen LogP contribution in [0.2, 0.25) is 0 Å². The van der Waals surface area contributed by atoms with E-state index in [1.165, 1.54) is 16.0 Å². The van der Waals surface area contributed by atoms with Gasteiger partial charge in [-0.2, -0.15) is 17.0 Å². The molecule has 2 aromatic heterocycles. The molecule has 0 bridgehead atoms. The first-order valence-electron chi connectivity index (χ1n) is 12.5. The first kappa shape index (κ1) is 28.4. The van der Waals surface area contributed by atoms with Crippen molar-refractivity contribution in [2.75, 3.05) is 67.3 Å². The predicted molar refractivity (Wildman–Crippen MR) is 153 cm³/mol. The number of thioether (sulfide) groups is 1. The maximum atomic E-state index is 13.3. The monoisotopic (exact) mass is 542 g/mol. The van der Waals surface area contributed by atoms with Crippen LogP contribution in [0.3, 0.4) is 0 Å².